The van der Waals surface area contributed by atoms with Crippen molar-refractivity contribution < 1.29 is 9.21 Å². The van der Waals surface area contributed by atoms with E-state index in [0.29, 0.717) is 18.7 Å². The second-order valence-electron chi connectivity index (χ2n) is 5.17. The van der Waals surface area contributed by atoms with Crippen LogP contribution in [0.5, 0.6) is 0 Å². The molecule has 6 nitrogen and oxygen atoms in total. The molecule has 0 spiro atoms. The van der Waals surface area contributed by atoms with E-state index < -0.39 is 0 Å². The van der Waals surface area contributed by atoms with Gasteiger partial charge in [-0.2, -0.15) is 5.10 Å². The van der Waals surface area contributed by atoms with Gasteiger partial charge in [0, 0.05) is 31.4 Å². The van der Waals surface area contributed by atoms with Crippen molar-refractivity contribution in [1.29, 1.82) is 0 Å². The fourth-order valence-electron chi connectivity index (χ4n) is 2.23. The first kappa shape index (κ1) is 15.3. The Kier molecular flexibility index (Phi) is 4.80. The summed E-state index contributed by atoms with van der Waals surface area (Å²) in [6.07, 6.45) is 4.12. The lowest BCUT2D eigenvalue weighted by Crippen LogP contribution is -2.26. The molecule has 2 heterocycles. The smallest absolute Gasteiger partial charge is 0.257 e. The average Bonchev–Trinajstić information content (AvgIpc) is 3.03. The lowest BCUT2D eigenvalue weighted by molar-refractivity contribution is 0.0784. The molecule has 0 bridgehead atoms. The van der Waals surface area contributed by atoms with Crippen molar-refractivity contribution in [2.45, 2.75) is 33.4 Å². The Bertz CT molecular complexity index is 615. The number of hydrogen-bond donors (Lipinski definition) is 1. The van der Waals surface area contributed by atoms with Crippen LogP contribution < -0.4 is 5.73 Å². The molecule has 0 aromatic carbocycles. The first-order valence-corrected chi connectivity index (χ1v) is 7.05. The predicted molar refractivity (Wildman–Crippen MR) is 79.9 cm³/mol. The van der Waals surface area contributed by atoms with Gasteiger partial charge in [-0.25, -0.2) is 0 Å². The fraction of sp³-hybridized carbons (Fsp3) is 0.467. The van der Waals surface area contributed by atoms with Gasteiger partial charge in [-0.3, -0.25) is 9.48 Å². The molecule has 1 amide bonds. The fourth-order valence-corrected chi connectivity index (χ4v) is 2.23. The number of amides is 1. The van der Waals surface area contributed by atoms with Gasteiger partial charge in [-0.15, -0.1) is 0 Å². The molecule has 0 aliphatic carbocycles. The van der Waals surface area contributed by atoms with Gasteiger partial charge in [0.2, 0.25) is 0 Å². The Balaban J connectivity index is 2.09. The largest absolute Gasteiger partial charge is 0.469 e. The maximum Gasteiger partial charge on any atom is 0.257 e. The molecular weight excluding hydrogens is 268 g/mol. The predicted octanol–water partition coefficient (Wildman–Crippen LogP) is 1.71. The Hall–Kier alpha value is -2.08. The number of aryl methyl sites for hydroxylation is 2. The van der Waals surface area contributed by atoms with Crippen molar-refractivity contribution in [3.63, 3.8) is 0 Å². The monoisotopic (exact) mass is 290 g/mol. The summed E-state index contributed by atoms with van der Waals surface area (Å²) < 4.78 is 7.09. The Labute approximate surface area is 124 Å². The normalized spacial score (nSPS) is 10.9. The minimum absolute atomic E-state index is 0.0351. The second-order valence-corrected chi connectivity index (χ2v) is 5.17. The van der Waals surface area contributed by atoms with Gasteiger partial charge in [-0.05, 0) is 32.9 Å². The van der Waals surface area contributed by atoms with E-state index in [9.17, 15) is 4.79 Å². The van der Waals surface area contributed by atoms with Gasteiger partial charge in [-0.1, -0.05) is 0 Å². The molecule has 0 aliphatic rings. The van der Waals surface area contributed by atoms with Crippen LogP contribution >= 0.6 is 0 Å². The van der Waals surface area contributed by atoms with E-state index in [1.807, 2.05) is 24.6 Å². The molecule has 2 N–H and O–H groups in total. The van der Waals surface area contributed by atoms with Crippen LogP contribution in [0.1, 0.15) is 33.8 Å². The first-order valence-electron chi connectivity index (χ1n) is 7.05. The van der Waals surface area contributed by atoms with E-state index in [0.717, 1.165) is 30.0 Å². The van der Waals surface area contributed by atoms with E-state index in [1.165, 1.54) is 0 Å². The summed E-state index contributed by atoms with van der Waals surface area (Å²) in [5.74, 6) is 0.803. The zero-order chi connectivity index (χ0) is 15.4. The maximum atomic E-state index is 12.5. The molecule has 0 aliphatic heterocycles. The van der Waals surface area contributed by atoms with Crippen molar-refractivity contribution in [2.24, 2.45) is 5.73 Å². The molecular formula is C15H22N4O2. The van der Waals surface area contributed by atoms with Crippen LogP contribution in [-0.4, -0.2) is 34.2 Å². The van der Waals surface area contributed by atoms with Crippen molar-refractivity contribution in [3.05, 3.63) is 41.1 Å². The number of rotatable bonds is 6. The summed E-state index contributed by atoms with van der Waals surface area (Å²) >= 11 is 0. The van der Waals surface area contributed by atoms with E-state index in [-0.39, 0.29) is 5.91 Å². The summed E-state index contributed by atoms with van der Waals surface area (Å²) in [4.78, 5) is 14.2. The molecule has 2 rings (SSSR count). The average molecular weight is 290 g/mol. The highest BCUT2D eigenvalue weighted by Gasteiger charge is 2.19. The van der Waals surface area contributed by atoms with Gasteiger partial charge in [0.15, 0.2) is 0 Å². The third-order valence-electron chi connectivity index (χ3n) is 3.63. The third-order valence-corrected chi connectivity index (χ3v) is 3.63. The Morgan fingerprint density at radius 3 is 2.86 bits per heavy atom. The second kappa shape index (κ2) is 6.58. The Morgan fingerprint density at radius 2 is 2.24 bits per heavy atom. The van der Waals surface area contributed by atoms with Gasteiger partial charge >= 0.3 is 0 Å². The van der Waals surface area contributed by atoms with Crippen LogP contribution in [0.15, 0.2) is 22.9 Å². The van der Waals surface area contributed by atoms with Crippen LogP contribution in [0.25, 0.3) is 0 Å². The van der Waals surface area contributed by atoms with Crippen LogP contribution in [0, 0.1) is 13.8 Å². The topological polar surface area (TPSA) is 77.3 Å². The summed E-state index contributed by atoms with van der Waals surface area (Å²) in [7, 11) is 1.78. The summed E-state index contributed by atoms with van der Waals surface area (Å²) in [5, 5.41) is 4.27. The zero-order valence-corrected chi connectivity index (χ0v) is 12.8. The molecule has 0 saturated carbocycles. The van der Waals surface area contributed by atoms with E-state index >= 15 is 0 Å². The molecule has 0 radical (unpaired) electrons. The molecule has 21 heavy (non-hydrogen) atoms. The van der Waals surface area contributed by atoms with Gasteiger partial charge in [0.25, 0.3) is 5.91 Å². The highest BCUT2D eigenvalue weighted by molar-refractivity contribution is 5.94. The van der Waals surface area contributed by atoms with Gasteiger partial charge in [0.05, 0.1) is 18.0 Å². The number of nitrogens with two attached hydrogens (primary N) is 1. The first-order chi connectivity index (χ1) is 10.0. The van der Waals surface area contributed by atoms with Crippen molar-refractivity contribution in [2.75, 3.05) is 13.6 Å². The summed E-state index contributed by atoms with van der Waals surface area (Å²) in [6.45, 7) is 5.68. The van der Waals surface area contributed by atoms with Gasteiger partial charge < -0.3 is 15.1 Å². The molecule has 0 atom stereocenters. The number of hydrogen-bond acceptors (Lipinski definition) is 4. The van der Waals surface area contributed by atoms with Crippen molar-refractivity contribution in [3.8, 4) is 0 Å². The standard InChI is InChI=1S/C15H22N4O2/c1-11-14(9-17-19(11)7-4-6-16)15(20)18(3)10-13-5-8-21-12(13)2/h5,8-9H,4,6-7,10,16H2,1-3H3. The number of carbonyl (C=O) groups excluding carboxylic acids is 1. The summed E-state index contributed by atoms with van der Waals surface area (Å²) in [6, 6.07) is 1.89. The van der Waals surface area contributed by atoms with Crippen LogP contribution in [-0.2, 0) is 13.1 Å². The van der Waals surface area contributed by atoms with Crippen molar-refractivity contribution >= 4 is 5.91 Å². The van der Waals surface area contributed by atoms with E-state index in [2.05, 4.69) is 5.10 Å². The minimum atomic E-state index is -0.0351. The molecule has 2 aromatic heterocycles. The highest BCUT2D eigenvalue weighted by atomic mass is 16.3. The number of furan rings is 1. The molecule has 0 fully saturated rings. The van der Waals surface area contributed by atoms with Crippen molar-refractivity contribution in [1.82, 2.24) is 14.7 Å². The SMILES string of the molecule is Cc1occc1CN(C)C(=O)c1cnn(CCCN)c1C. The Morgan fingerprint density at radius 1 is 1.48 bits per heavy atom. The lowest BCUT2D eigenvalue weighted by atomic mass is 10.2. The number of nitrogens with zero attached hydrogens (tertiary/aromatic N) is 3. The van der Waals surface area contributed by atoms with E-state index in [1.54, 1.807) is 24.4 Å². The third kappa shape index (κ3) is 3.33. The quantitative estimate of drug-likeness (QED) is 0.878. The molecule has 6 heteroatoms. The molecule has 2 aromatic rings. The zero-order valence-electron chi connectivity index (χ0n) is 12.8. The highest BCUT2D eigenvalue weighted by Crippen LogP contribution is 2.15. The summed E-state index contributed by atoms with van der Waals surface area (Å²) in [5.41, 5.74) is 8.03. The minimum Gasteiger partial charge on any atom is -0.469 e. The van der Waals surface area contributed by atoms with Crippen LogP contribution in [0.4, 0.5) is 0 Å². The van der Waals surface area contributed by atoms with E-state index in [4.69, 9.17) is 10.2 Å². The molecule has 0 saturated heterocycles. The maximum absolute atomic E-state index is 12.5. The van der Waals surface area contributed by atoms with Crippen LogP contribution in [0.2, 0.25) is 0 Å². The lowest BCUT2D eigenvalue weighted by Gasteiger charge is -2.16. The van der Waals surface area contributed by atoms with Crippen LogP contribution in [0.3, 0.4) is 0 Å². The number of aromatic nitrogens is 2. The van der Waals surface area contributed by atoms with Gasteiger partial charge in [0.1, 0.15) is 5.76 Å². The molecule has 0 unspecified atom stereocenters. The number of carbonyl (C=O) groups is 1. The molecule has 114 valence electrons.